The van der Waals surface area contributed by atoms with Crippen LogP contribution in [-0.2, 0) is 18.2 Å². The smallest absolute Gasteiger partial charge is 0.138 e. The van der Waals surface area contributed by atoms with Crippen molar-refractivity contribution in [2.24, 2.45) is 7.05 Å². The number of rotatable bonds is 3. The first-order chi connectivity index (χ1) is 6.77. The minimum absolute atomic E-state index is 0.0216. The predicted molar refractivity (Wildman–Crippen MR) is 49.7 cm³/mol. The zero-order chi connectivity index (χ0) is 9.97. The number of hydrogen-bond acceptors (Lipinski definition) is 4. The molecule has 2 rings (SSSR count). The number of aliphatic hydroxyl groups excluding tert-OH is 1. The molecule has 1 aromatic heterocycles. The van der Waals surface area contributed by atoms with Crippen molar-refractivity contribution in [1.82, 2.24) is 14.8 Å². The lowest BCUT2D eigenvalue weighted by atomic mass is 10.1. The molecular weight excluding hydrogens is 182 g/mol. The molecule has 0 aliphatic carbocycles. The Kier molecular flexibility index (Phi) is 2.79. The van der Waals surface area contributed by atoms with Crippen LogP contribution in [0.1, 0.15) is 18.7 Å². The fourth-order valence-corrected chi connectivity index (χ4v) is 1.73. The van der Waals surface area contributed by atoms with Gasteiger partial charge in [0.25, 0.3) is 0 Å². The fourth-order valence-electron chi connectivity index (χ4n) is 1.73. The quantitative estimate of drug-likeness (QED) is 0.735. The molecule has 1 aromatic rings. The summed E-state index contributed by atoms with van der Waals surface area (Å²) in [6.45, 7) is 0.764. The maximum Gasteiger partial charge on any atom is 0.138 e. The van der Waals surface area contributed by atoms with Gasteiger partial charge >= 0.3 is 0 Å². The van der Waals surface area contributed by atoms with Gasteiger partial charge in [0.2, 0.25) is 0 Å². The van der Waals surface area contributed by atoms with Crippen molar-refractivity contribution in [1.29, 1.82) is 0 Å². The molecule has 1 aliphatic rings. The number of aliphatic hydroxyl groups is 1. The molecular formula is C9H15N3O2. The van der Waals surface area contributed by atoms with Gasteiger partial charge in [-0.05, 0) is 12.8 Å². The van der Waals surface area contributed by atoms with Crippen LogP contribution in [0.3, 0.4) is 0 Å². The molecule has 0 amide bonds. The highest BCUT2D eigenvalue weighted by molar-refractivity contribution is 4.89. The van der Waals surface area contributed by atoms with Gasteiger partial charge in [-0.15, -0.1) is 0 Å². The van der Waals surface area contributed by atoms with Gasteiger partial charge in [-0.2, -0.15) is 5.10 Å². The topological polar surface area (TPSA) is 60.2 Å². The molecule has 1 fully saturated rings. The summed E-state index contributed by atoms with van der Waals surface area (Å²) >= 11 is 0. The van der Waals surface area contributed by atoms with E-state index in [1.54, 1.807) is 4.68 Å². The van der Waals surface area contributed by atoms with Crippen LogP contribution in [0.25, 0.3) is 0 Å². The number of nitrogens with zero attached hydrogens (tertiary/aromatic N) is 3. The first-order valence-corrected chi connectivity index (χ1v) is 4.90. The lowest BCUT2D eigenvalue weighted by Crippen LogP contribution is -2.28. The predicted octanol–water partition coefficient (Wildman–Crippen LogP) is -0.103. The highest BCUT2D eigenvalue weighted by atomic mass is 16.5. The molecule has 2 atom stereocenters. The molecule has 1 aliphatic heterocycles. The molecule has 5 heteroatoms. The maximum atomic E-state index is 9.84. The van der Waals surface area contributed by atoms with E-state index in [0.29, 0.717) is 6.42 Å². The first kappa shape index (κ1) is 9.61. The monoisotopic (exact) mass is 197 g/mol. The van der Waals surface area contributed by atoms with Gasteiger partial charge in [0.1, 0.15) is 12.2 Å². The lowest BCUT2D eigenvalue weighted by molar-refractivity contribution is -0.00206. The van der Waals surface area contributed by atoms with Crippen molar-refractivity contribution in [3.63, 3.8) is 0 Å². The van der Waals surface area contributed by atoms with Crippen molar-refractivity contribution < 1.29 is 9.84 Å². The van der Waals surface area contributed by atoms with Gasteiger partial charge in [-0.1, -0.05) is 0 Å². The van der Waals surface area contributed by atoms with Crippen LogP contribution >= 0.6 is 0 Å². The molecule has 0 radical (unpaired) electrons. The molecule has 0 spiro atoms. The largest absolute Gasteiger partial charge is 0.390 e. The Morgan fingerprint density at radius 2 is 2.64 bits per heavy atom. The number of hydrogen-bond donors (Lipinski definition) is 1. The molecule has 1 N–H and O–H groups in total. The fraction of sp³-hybridized carbons (Fsp3) is 0.778. The van der Waals surface area contributed by atoms with Gasteiger partial charge in [-0.25, -0.2) is 4.98 Å². The molecule has 78 valence electrons. The average molecular weight is 197 g/mol. The molecule has 2 heterocycles. The summed E-state index contributed by atoms with van der Waals surface area (Å²) in [6, 6.07) is 0. The van der Waals surface area contributed by atoms with Crippen molar-refractivity contribution in [2.45, 2.75) is 31.5 Å². The first-order valence-electron chi connectivity index (χ1n) is 4.90. The minimum Gasteiger partial charge on any atom is -0.390 e. The van der Waals surface area contributed by atoms with E-state index in [4.69, 9.17) is 4.74 Å². The van der Waals surface area contributed by atoms with E-state index in [0.717, 1.165) is 25.3 Å². The van der Waals surface area contributed by atoms with Gasteiger partial charge < -0.3 is 9.84 Å². The summed E-state index contributed by atoms with van der Waals surface area (Å²) in [6.07, 6.45) is 3.52. The van der Waals surface area contributed by atoms with Crippen LogP contribution in [0, 0.1) is 0 Å². The van der Waals surface area contributed by atoms with E-state index in [9.17, 15) is 5.11 Å². The number of aromatic nitrogens is 3. The third kappa shape index (κ3) is 1.93. The maximum absolute atomic E-state index is 9.84. The second-order valence-electron chi connectivity index (χ2n) is 3.62. The molecule has 14 heavy (non-hydrogen) atoms. The molecule has 0 bridgehead atoms. The van der Waals surface area contributed by atoms with Gasteiger partial charge in [0.05, 0.1) is 12.2 Å². The average Bonchev–Trinajstić information content (AvgIpc) is 2.77. The Labute approximate surface area is 82.7 Å². The van der Waals surface area contributed by atoms with Gasteiger partial charge in [-0.3, -0.25) is 4.68 Å². The van der Waals surface area contributed by atoms with Crippen LogP contribution in [0.5, 0.6) is 0 Å². The lowest BCUT2D eigenvalue weighted by Gasteiger charge is -2.16. The normalized spacial score (nSPS) is 24.0. The summed E-state index contributed by atoms with van der Waals surface area (Å²) in [7, 11) is 1.82. The van der Waals surface area contributed by atoms with Gasteiger partial charge in [0, 0.05) is 20.1 Å². The second-order valence-corrected chi connectivity index (χ2v) is 3.62. The molecule has 0 saturated carbocycles. The van der Waals surface area contributed by atoms with E-state index in [1.165, 1.54) is 6.33 Å². The van der Waals surface area contributed by atoms with Crippen LogP contribution < -0.4 is 0 Å². The summed E-state index contributed by atoms with van der Waals surface area (Å²) < 4.78 is 7.07. The SMILES string of the molecule is Cn1ncnc1CC(O)C1CCCO1. The third-order valence-corrected chi connectivity index (χ3v) is 2.59. The summed E-state index contributed by atoms with van der Waals surface area (Å²) in [5, 5.41) is 13.8. The number of ether oxygens (including phenoxy) is 1. The Morgan fingerprint density at radius 3 is 3.21 bits per heavy atom. The van der Waals surface area contributed by atoms with Crippen molar-refractivity contribution >= 4 is 0 Å². The Bertz CT molecular complexity index is 294. The summed E-state index contributed by atoms with van der Waals surface area (Å²) in [4.78, 5) is 4.06. The van der Waals surface area contributed by atoms with Crippen LogP contribution in [-0.4, -0.2) is 38.7 Å². The highest BCUT2D eigenvalue weighted by Gasteiger charge is 2.25. The van der Waals surface area contributed by atoms with Crippen molar-refractivity contribution in [2.75, 3.05) is 6.61 Å². The third-order valence-electron chi connectivity index (χ3n) is 2.59. The molecule has 5 nitrogen and oxygen atoms in total. The molecule has 2 unspecified atom stereocenters. The Morgan fingerprint density at radius 1 is 1.79 bits per heavy atom. The van der Waals surface area contributed by atoms with E-state index in [1.807, 2.05) is 7.05 Å². The van der Waals surface area contributed by atoms with E-state index in [-0.39, 0.29) is 6.10 Å². The van der Waals surface area contributed by atoms with E-state index >= 15 is 0 Å². The summed E-state index contributed by atoms with van der Waals surface area (Å²) in [5.74, 6) is 0.799. The van der Waals surface area contributed by atoms with E-state index in [2.05, 4.69) is 10.1 Å². The second kappa shape index (κ2) is 4.06. The Balaban J connectivity index is 1.93. The summed E-state index contributed by atoms with van der Waals surface area (Å²) in [5.41, 5.74) is 0. The minimum atomic E-state index is -0.458. The molecule has 0 aromatic carbocycles. The Hall–Kier alpha value is -0.940. The zero-order valence-corrected chi connectivity index (χ0v) is 8.26. The van der Waals surface area contributed by atoms with Crippen LogP contribution in [0.2, 0.25) is 0 Å². The number of aryl methyl sites for hydroxylation is 1. The van der Waals surface area contributed by atoms with Gasteiger partial charge in [0.15, 0.2) is 0 Å². The standard InChI is InChI=1S/C9H15N3O2/c1-12-9(10-6-11-12)5-7(13)8-3-2-4-14-8/h6-8,13H,2-5H2,1H3. The highest BCUT2D eigenvalue weighted by Crippen LogP contribution is 2.17. The van der Waals surface area contributed by atoms with Crippen LogP contribution in [0.4, 0.5) is 0 Å². The van der Waals surface area contributed by atoms with Crippen molar-refractivity contribution in [3.8, 4) is 0 Å². The zero-order valence-electron chi connectivity index (χ0n) is 8.26. The molecule has 1 saturated heterocycles. The van der Waals surface area contributed by atoms with E-state index < -0.39 is 6.10 Å². The van der Waals surface area contributed by atoms with Crippen LogP contribution in [0.15, 0.2) is 6.33 Å². The van der Waals surface area contributed by atoms with Crippen molar-refractivity contribution in [3.05, 3.63) is 12.2 Å².